The van der Waals surface area contributed by atoms with Crippen molar-refractivity contribution >= 4 is 21.4 Å². The molecule has 0 amide bonds. The maximum atomic E-state index is 13.2. The quantitative estimate of drug-likeness (QED) is 0.537. The van der Waals surface area contributed by atoms with E-state index in [4.69, 9.17) is 9.47 Å². The Morgan fingerprint density at radius 2 is 1.90 bits per heavy atom. The molecule has 1 aromatic rings. The number of sulfone groups is 1. The van der Waals surface area contributed by atoms with Gasteiger partial charge in [-0.15, -0.1) is 0 Å². The van der Waals surface area contributed by atoms with Crippen LogP contribution in [0.3, 0.4) is 0 Å². The highest BCUT2D eigenvalue weighted by molar-refractivity contribution is 7.92. The SMILES string of the molecule is CC(=O)/C=C/C[C@@H](C)CC(=O)C(C[C@@H]1COC(C)(C)O1)S(=O)(=O)c1ccccc1. The van der Waals surface area contributed by atoms with Gasteiger partial charge in [-0.05, 0) is 51.3 Å². The van der Waals surface area contributed by atoms with E-state index in [0.29, 0.717) is 6.42 Å². The molecule has 1 unspecified atom stereocenters. The van der Waals surface area contributed by atoms with Gasteiger partial charge in [-0.1, -0.05) is 31.2 Å². The Morgan fingerprint density at radius 3 is 2.45 bits per heavy atom. The fourth-order valence-electron chi connectivity index (χ4n) is 3.35. The van der Waals surface area contributed by atoms with Crippen molar-refractivity contribution in [1.29, 1.82) is 0 Å². The molecule has 7 heteroatoms. The normalized spacial score (nSPS) is 21.2. The van der Waals surface area contributed by atoms with Crippen LogP contribution in [0.25, 0.3) is 0 Å². The third-order valence-corrected chi connectivity index (χ3v) is 6.92. The highest BCUT2D eigenvalue weighted by Crippen LogP contribution is 2.30. The predicted molar refractivity (Wildman–Crippen MR) is 110 cm³/mol. The molecule has 0 bridgehead atoms. The average molecular weight is 423 g/mol. The van der Waals surface area contributed by atoms with E-state index in [9.17, 15) is 18.0 Å². The van der Waals surface area contributed by atoms with Crippen molar-refractivity contribution in [2.24, 2.45) is 5.92 Å². The lowest BCUT2D eigenvalue weighted by molar-refractivity contribution is -0.140. The molecule has 0 aromatic heterocycles. The summed E-state index contributed by atoms with van der Waals surface area (Å²) in [6.45, 7) is 7.10. The largest absolute Gasteiger partial charge is 0.348 e. The first-order valence-electron chi connectivity index (χ1n) is 9.82. The number of hydrogen-bond donors (Lipinski definition) is 0. The number of benzene rings is 1. The molecule has 0 spiro atoms. The number of ketones is 2. The van der Waals surface area contributed by atoms with Gasteiger partial charge in [0.25, 0.3) is 0 Å². The molecule has 1 saturated heterocycles. The molecule has 0 saturated carbocycles. The Kier molecular flexibility index (Phi) is 7.91. The molecule has 3 atom stereocenters. The molecule has 1 aliphatic rings. The maximum absolute atomic E-state index is 13.2. The lowest BCUT2D eigenvalue weighted by atomic mass is 9.97. The molecule has 1 fully saturated rings. The summed E-state index contributed by atoms with van der Waals surface area (Å²) < 4.78 is 37.8. The Bertz CT molecular complexity index is 841. The minimum absolute atomic E-state index is 0.0511. The van der Waals surface area contributed by atoms with Crippen LogP contribution >= 0.6 is 0 Å². The van der Waals surface area contributed by atoms with Gasteiger partial charge in [0, 0.05) is 12.8 Å². The first-order valence-corrected chi connectivity index (χ1v) is 11.4. The zero-order valence-corrected chi connectivity index (χ0v) is 18.3. The fourth-order valence-corrected chi connectivity index (χ4v) is 5.12. The number of rotatable bonds is 10. The summed E-state index contributed by atoms with van der Waals surface area (Å²) in [5.74, 6) is -1.27. The number of allylic oxidation sites excluding steroid dienone is 2. The second-order valence-electron chi connectivity index (χ2n) is 8.06. The third-order valence-electron chi connectivity index (χ3n) is 4.79. The highest BCUT2D eigenvalue weighted by Gasteiger charge is 2.40. The molecule has 2 rings (SSSR count). The summed E-state index contributed by atoms with van der Waals surface area (Å²) in [4.78, 5) is 24.2. The summed E-state index contributed by atoms with van der Waals surface area (Å²) in [6.07, 6.45) is 3.40. The van der Waals surface area contributed by atoms with Crippen molar-refractivity contribution < 1.29 is 27.5 Å². The summed E-state index contributed by atoms with van der Waals surface area (Å²) >= 11 is 0. The monoisotopic (exact) mass is 422 g/mol. The zero-order chi connectivity index (χ0) is 21.7. The minimum Gasteiger partial charge on any atom is -0.348 e. The van der Waals surface area contributed by atoms with Crippen LogP contribution in [0.5, 0.6) is 0 Å². The van der Waals surface area contributed by atoms with Crippen LogP contribution in [0.4, 0.5) is 0 Å². The number of ether oxygens (including phenoxy) is 2. The fraction of sp³-hybridized carbons (Fsp3) is 0.545. The molecule has 6 nitrogen and oxygen atoms in total. The summed E-state index contributed by atoms with van der Waals surface area (Å²) in [7, 11) is -3.86. The molecule has 0 radical (unpaired) electrons. The molecule has 1 heterocycles. The van der Waals surface area contributed by atoms with E-state index in [-0.39, 0.29) is 41.8 Å². The second kappa shape index (κ2) is 9.78. The van der Waals surface area contributed by atoms with Crippen LogP contribution in [0.2, 0.25) is 0 Å². The van der Waals surface area contributed by atoms with Gasteiger partial charge in [0.15, 0.2) is 27.2 Å². The maximum Gasteiger partial charge on any atom is 0.188 e. The van der Waals surface area contributed by atoms with Gasteiger partial charge in [-0.25, -0.2) is 8.42 Å². The van der Waals surface area contributed by atoms with Gasteiger partial charge in [0.1, 0.15) is 5.25 Å². The van der Waals surface area contributed by atoms with Crippen LogP contribution < -0.4 is 0 Å². The van der Waals surface area contributed by atoms with Crippen LogP contribution in [0.15, 0.2) is 47.4 Å². The summed E-state index contributed by atoms with van der Waals surface area (Å²) in [5, 5.41) is -1.20. The van der Waals surface area contributed by atoms with Gasteiger partial charge in [-0.2, -0.15) is 0 Å². The lowest BCUT2D eigenvalue weighted by Crippen LogP contribution is -2.36. The van der Waals surface area contributed by atoms with Crippen LogP contribution in [-0.4, -0.2) is 43.7 Å². The molecule has 1 aliphatic heterocycles. The van der Waals surface area contributed by atoms with Crippen LogP contribution in [0.1, 0.15) is 47.0 Å². The Balaban J connectivity index is 2.20. The third kappa shape index (κ3) is 6.87. The second-order valence-corrected chi connectivity index (χ2v) is 10.2. The van der Waals surface area contributed by atoms with E-state index in [1.54, 1.807) is 38.1 Å². The smallest absolute Gasteiger partial charge is 0.188 e. The first kappa shape index (κ1) is 23.4. The van der Waals surface area contributed by atoms with Gasteiger partial charge >= 0.3 is 0 Å². The van der Waals surface area contributed by atoms with Crippen molar-refractivity contribution in [3.63, 3.8) is 0 Å². The van der Waals surface area contributed by atoms with E-state index in [0.717, 1.165) is 0 Å². The number of carbonyl (C=O) groups is 2. The molecule has 1 aromatic carbocycles. The number of hydrogen-bond acceptors (Lipinski definition) is 6. The van der Waals surface area contributed by atoms with Gasteiger partial charge in [-0.3, -0.25) is 9.59 Å². The highest BCUT2D eigenvalue weighted by atomic mass is 32.2. The Labute approximate surface area is 173 Å². The van der Waals surface area contributed by atoms with E-state index in [2.05, 4.69) is 0 Å². The standard InChI is InChI=1S/C22H30O6S/c1-16(9-8-10-17(2)23)13-20(24)21(14-18-15-27-22(3,4)28-18)29(25,26)19-11-6-5-7-12-19/h5-8,10-12,16,18,21H,9,13-15H2,1-4H3/b10-8+/t16-,18-,21?/m1/s1. The topological polar surface area (TPSA) is 86.7 Å². The van der Waals surface area contributed by atoms with Crippen LogP contribution in [-0.2, 0) is 28.9 Å². The summed E-state index contributed by atoms with van der Waals surface area (Å²) in [5.41, 5.74) is 0. The minimum atomic E-state index is -3.86. The van der Waals surface area contributed by atoms with Crippen LogP contribution in [0, 0.1) is 5.92 Å². The molecule has 0 N–H and O–H groups in total. The van der Waals surface area contributed by atoms with Gasteiger partial charge in [0.2, 0.25) is 0 Å². The first-order chi connectivity index (χ1) is 13.5. The molecular formula is C22H30O6S. The van der Waals surface area contributed by atoms with E-state index in [1.165, 1.54) is 25.1 Å². The zero-order valence-electron chi connectivity index (χ0n) is 17.5. The Hall–Kier alpha value is -1.83. The molecular weight excluding hydrogens is 392 g/mol. The Morgan fingerprint density at radius 1 is 1.24 bits per heavy atom. The van der Waals surface area contributed by atoms with Crippen molar-refractivity contribution in [3.8, 4) is 0 Å². The number of Topliss-reactive ketones (excluding diaryl/α,β-unsaturated/α-hetero) is 1. The van der Waals surface area contributed by atoms with E-state index < -0.39 is 27.0 Å². The van der Waals surface area contributed by atoms with Crippen molar-refractivity contribution in [3.05, 3.63) is 42.5 Å². The van der Waals surface area contributed by atoms with Crippen molar-refractivity contribution in [2.75, 3.05) is 6.61 Å². The van der Waals surface area contributed by atoms with Crippen molar-refractivity contribution in [1.82, 2.24) is 0 Å². The molecule has 160 valence electrons. The van der Waals surface area contributed by atoms with Crippen molar-refractivity contribution in [2.45, 2.75) is 69.0 Å². The molecule has 29 heavy (non-hydrogen) atoms. The lowest BCUT2D eigenvalue weighted by Gasteiger charge is -2.22. The van der Waals surface area contributed by atoms with E-state index in [1.807, 2.05) is 6.92 Å². The summed E-state index contributed by atoms with van der Waals surface area (Å²) in [6, 6.07) is 8.02. The predicted octanol–water partition coefficient (Wildman–Crippen LogP) is 3.50. The van der Waals surface area contributed by atoms with Gasteiger partial charge < -0.3 is 9.47 Å². The van der Waals surface area contributed by atoms with E-state index >= 15 is 0 Å². The average Bonchev–Trinajstić information content (AvgIpc) is 2.98. The van der Waals surface area contributed by atoms with Gasteiger partial charge in [0.05, 0.1) is 17.6 Å². The molecule has 0 aliphatic carbocycles. The number of carbonyl (C=O) groups excluding carboxylic acids is 2.